The molecule has 0 saturated heterocycles. The fourth-order valence-electron chi connectivity index (χ4n) is 8.98. The Bertz CT molecular complexity index is 2920. The first kappa shape index (κ1) is 29.5. The molecule has 0 bridgehead atoms. The van der Waals surface area contributed by atoms with Crippen LogP contribution in [0.15, 0.2) is 133 Å². The van der Waals surface area contributed by atoms with Crippen LogP contribution in [0, 0.1) is 0 Å². The van der Waals surface area contributed by atoms with Crippen LogP contribution in [-0.4, -0.2) is 0 Å². The van der Waals surface area contributed by atoms with Crippen LogP contribution in [0.2, 0.25) is 0 Å². The zero-order valence-corrected chi connectivity index (χ0v) is 29.7. The van der Waals surface area contributed by atoms with Crippen molar-refractivity contribution in [1.82, 2.24) is 0 Å². The highest BCUT2D eigenvalue weighted by Gasteiger charge is 2.28. The molecule has 0 atom stereocenters. The lowest BCUT2D eigenvalue weighted by atomic mass is 9.77. The molecule has 0 aliphatic rings. The van der Waals surface area contributed by atoms with Crippen molar-refractivity contribution in [3.05, 3.63) is 145 Å². The fourth-order valence-corrected chi connectivity index (χ4v) is 8.98. The van der Waals surface area contributed by atoms with Crippen molar-refractivity contribution in [2.24, 2.45) is 0 Å². The molecule has 0 unspecified atom stereocenters. The summed E-state index contributed by atoms with van der Waals surface area (Å²) in [5.41, 5.74) is 8.00. The predicted octanol–water partition coefficient (Wildman–Crippen LogP) is 14.6. The third kappa shape index (κ3) is 4.00. The highest BCUT2D eigenvalue weighted by molar-refractivity contribution is 6.44. The molecular formula is C50H40. The van der Waals surface area contributed by atoms with Crippen LogP contribution in [-0.2, 0) is 10.8 Å². The van der Waals surface area contributed by atoms with E-state index in [1.54, 1.807) is 0 Å². The molecule has 0 spiro atoms. The van der Waals surface area contributed by atoms with Crippen LogP contribution in [0.1, 0.15) is 52.7 Å². The Morgan fingerprint density at radius 1 is 0.300 bits per heavy atom. The maximum atomic E-state index is 2.54. The summed E-state index contributed by atoms with van der Waals surface area (Å²) in [4.78, 5) is 0. The Morgan fingerprint density at radius 3 is 1.42 bits per heavy atom. The molecule has 0 nitrogen and oxygen atoms in total. The van der Waals surface area contributed by atoms with E-state index in [-0.39, 0.29) is 10.8 Å². The quantitative estimate of drug-likeness (QED) is 0.165. The number of hydrogen-bond acceptors (Lipinski definition) is 0. The van der Waals surface area contributed by atoms with Gasteiger partial charge in [0.1, 0.15) is 0 Å². The Labute approximate surface area is 293 Å². The Morgan fingerprint density at radius 2 is 0.800 bits per heavy atom. The minimum atomic E-state index is -0.00505. The maximum Gasteiger partial charge on any atom is -0.000719 e. The molecular weight excluding hydrogens is 601 g/mol. The molecule has 0 N–H and O–H groups in total. The smallest absolute Gasteiger partial charge is 0.000719 e. The molecule has 0 aliphatic carbocycles. The Kier molecular flexibility index (Phi) is 5.92. The summed E-state index contributed by atoms with van der Waals surface area (Å²) in [6.07, 6.45) is 0. The lowest BCUT2D eigenvalue weighted by Gasteiger charge is -2.27. The van der Waals surface area contributed by atoms with Crippen LogP contribution in [0.5, 0.6) is 0 Å². The van der Waals surface area contributed by atoms with Crippen LogP contribution in [0.4, 0.5) is 0 Å². The Balaban J connectivity index is 1.57. The van der Waals surface area contributed by atoms with Crippen molar-refractivity contribution in [3.8, 4) is 22.3 Å². The largest absolute Gasteiger partial charge is 0.0622 e. The highest BCUT2D eigenvalue weighted by Crippen LogP contribution is 2.55. The summed E-state index contributed by atoms with van der Waals surface area (Å²) in [6, 6.07) is 50.9. The molecule has 0 amide bonds. The maximum absolute atomic E-state index is 2.54. The third-order valence-electron chi connectivity index (χ3n) is 11.4. The van der Waals surface area contributed by atoms with Gasteiger partial charge in [0.25, 0.3) is 0 Å². The predicted molar refractivity (Wildman–Crippen MR) is 220 cm³/mol. The van der Waals surface area contributed by atoms with E-state index >= 15 is 0 Å². The van der Waals surface area contributed by atoms with Crippen molar-refractivity contribution in [2.45, 2.75) is 52.4 Å². The third-order valence-corrected chi connectivity index (χ3v) is 11.4. The monoisotopic (exact) mass is 640 g/mol. The van der Waals surface area contributed by atoms with E-state index in [4.69, 9.17) is 0 Å². The summed E-state index contributed by atoms with van der Waals surface area (Å²) >= 11 is 0. The van der Waals surface area contributed by atoms with E-state index in [0.717, 1.165) is 0 Å². The molecule has 10 aromatic rings. The van der Waals surface area contributed by atoms with Gasteiger partial charge in [-0.1, -0.05) is 169 Å². The van der Waals surface area contributed by atoms with Crippen molar-refractivity contribution >= 4 is 75.4 Å². The molecule has 0 aromatic heterocycles. The van der Waals surface area contributed by atoms with Crippen molar-refractivity contribution in [1.29, 1.82) is 0 Å². The standard InChI is InChI=1S/C50H40/c1-49(2,3)32-25-31(26-33(27-32)50(4,5)6)44-46-39-24-14-21-36-34-19-10-11-20-35(34)40(45(36)39)28-41(46)43(30-15-8-7-9-16-30)47-37-22-12-17-29-18-13-23-38(42(29)37)48(44)47/h7-28H,1-6H3. The van der Waals surface area contributed by atoms with Crippen LogP contribution >= 0.6 is 0 Å². The molecule has 240 valence electrons. The summed E-state index contributed by atoms with van der Waals surface area (Å²) < 4.78 is 0. The van der Waals surface area contributed by atoms with Crippen molar-refractivity contribution in [3.63, 3.8) is 0 Å². The van der Waals surface area contributed by atoms with E-state index in [1.807, 2.05) is 0 Å². The van der Waals surface area contributed by atoms with E-state index in [9.17, 15) is 0 Å². The van der Waals surface area contributed by atoms with Gasteiger partial charge in [-0.05, 0) is 126 Å². The molecule has 50 heavy (non-hydrogen) atoms. The van der Waals surface area contributed by atoms with Gasteiger partial charge in [-0.2, -0.15) is 0 Å². The average Bonchev–Trinajstić information content (AvgIpc) is 3.62. The minimum Gasteiger partial charge on any atom is -0.0622 e. The highest BCUT2D eigenvalue weighted by atomic mass is 14.3. The SMILES string of the molecule is CC(C)(C)c1cc(-c2c3c(cc4c5ccccc5c5cccc3c54)c(-c3ccccc3)c3c4cccc5cccc(c23)c54)cc(C(C)(C)C)c1. The van der Waals surface area contributed by atoms with Gasteiger partial charge in [0.05, 0.1) is 0 Å². The first-order chi connectivity index (χ1) is 24.1. The summed E-state index contributed by atoms with van der Waals surface area (Å²) in [6.45, 7) is 14.1. The zero-order chi connectivity index (χ0) is 34.1. The summed E-state index contributed by atoms with van der Waals surface area (Å²) in [5, 5.41) is 18.8. The molecule has 0 heteroatoms. The first-order valence-corrected chi connectivity index (χ1v) is 18.0. The van der Waals surface area contributed by atoms with Gasteiger partial charge in [0.2, 0.25) is 0 Å². The Hall–Kier alpha value is -5.46. The van der Waals surface area contributed by atoms with Crippen molar-refractivity contribution < 1.29 is 0 Å². The average molecular weight is 641 g/mol. The van der Waals surface area contributed by atoms with Gasteiger partial charge >= 0.3 is 0 Å². The van der Waals surface area contributed by atoms with Crippen LogP contribution in [0.3, 0.4) is 0 Å². The normalized spacial score (nSPS) is 13.0. The molecule has 0 saturated carbocycles. The van der Waals surface area contributed by atoms with Gasteiger partial charge in [0.15, 0.2) is 0 Å². The number of hydrogen-bond donors (Lipinski definition) is 0. The van der Waals surface area contributed by atoms with E-state index in [0.29, 0.717) is 0 Å². The summed E-state index contributed by atoms with van der Waals surface area (Å²) in [7, 11) is 0. The number of benzene rings is 8. The lowest BCUT2D eigenvalue weighted by molar-refractivity contribution is 0.569. The molecule has 0 heterocycles. The van der Waals surface area contributed by atoms with Gasteiger partial charge in [0, 0.05) is 0 Å². The molecule has 0 radical (unpaired) electrons. The molecule has 0 fully saturated rings. The van der Waals surface area contributed by atoms with Gasteiger partial charge in [-0.3, -0.25) is 0 Å². The van der Waals surface area contributed by atoms with Gasteiger partial charge in [-0.15, -0.1) is 0 Å². The molecule has 0 aliphatic heterocycles. The summed E-state index contributed by atoms with van der Waals surface area (Å²) in [5.74, 6) is 0. The van der Waals surface area contributed by atoms with E-state index in [1.165, 1.54) is 109 Å². The first-order valence-electron chi connectivity index (χ1n) is 18.0. The number of fused-ring (bicyclic) bond motifs is 8. The van der Waals surface area contributed by atoms with Gasteiger partial charge in [-0.25, -0.2) is 0 Å². The van der Waals surface area contributed by atoms with Gasteiger partial charge < -0.3 is 0 Å². The van der Waals surface area contributed by atoms with E-state index in [2.05, 4.69) is 175 Å². The fraction of sp³-hybridized carbons (Fsp3) is 0.160. The zero-order valence-electron chi connectivity index (χ0n) is 29.7. The lowest BCUT2D eigenvalue weighted by Crippen LogP contribution is -2.16. The van der Waals surface area contributed by atoms with Crippen LogP contribution < -0.4 is 0 Å². The van der Waals surface area contributed by atoms with E-state index < -0.39 is 0 Å². The molecule has 10 rings (SSSR count). The second kappa shape index (κ2) is 10.1. The minimum absolute atomic E-state index is 0.00505. The second-order valence-electron chi connectivity index (χ2n) is 16.5. The van der Waals surface area contributed by atoms with Crippen LogP contribution in [0.25, 0.3) is 97.7 Å². The van der Waals surface area contributed by atoms with Crippen molar-refractivity contribution in [2.75, 3.05) is 0 Å². The number of rotatable bonds is 2. The molecule has 10 aromatic carbocycles. The second-order valence-corrected chi connectivity index (χ2v) is 16.5. The topological polar surface area (TPSA) is 0 Å².